The minimum Gasteiger partial charge on any atom is -0.324 e. The Balaban J connectivity index is 1.44. The van der Waals surface area contributed by atoms with E-state index in [1.54, 1.807) is 17.5 Å². The van der Waals surface area contributed by atoms with Crippen LogP contribution in [0.1, 0.15) is 55.8 Å². The van der Waals surface area contributed by atoms with Crippen molar-refractivity contribution in [2.75, 3.05) is 11.9 Å². The maximum absolute atomic E-state index is 13.2. The molecule has 1 aliphatic heterocycles. The van der Waals surface area contributed by atoms with Gasteiger partial charge in [0.15, 0.2) is 11.5 Å². The molecule has 0 amide bonds. The van der Waals surface area contributed by atoms with Gasteiger partial charge in [0.25, 0.3) is 5.56 Å². The van der Waals surface area contributed by atoms with E-state index in [2.05, 4.69) is 54.6 Å². The number of hydrogen-bond donors (Lipinski definition) is 2. The number of aromatic nitrogens is 5. The first-order chi connectivity index (χ1) is 15.9. The van der Waals surface area contributed by atoms with Crippen LogP contribution in [0.2, 0.25) is 0 Å². The van der Waals surface area contributed by atoms with Crippen LogP contribution in [0.25, 0.3) is 16.9 Å². The van der Waals surface area contributed by atoms with Gasteiger partial charge in [-0.1, -0.05) is 26.8 Å². The predicted octanol–water partition coefficient (Wildman–Crippen LogP) is 4.06. The third-order valence-electron chi connectivity index (χ3n) is 6.22. The Hall–Kier alpha value is -3.04. The molecule has 1 saturated carbocycles. The lowest BCUT2D eigenvalue weighted by atomic mass is 9.98. The SMILES string of the molecule is CC(C)(C)c1nc(-n2c3nc(Nc4ccc5c(c4)CNCC5)ncc3c(=O)n2C2CC2)cs1. The van der Waals surface area contributed by atoms with E-state index in [9.17, 15) is 4.79 Å². The summed E-state index contributed by atoms with van der Waals surface area (Å²) >= 11 is 1.62. The van der Waals surface area contributed by atoms with E-state index < -0.39 is 0 Å². The van der Waals surface area contributed by atoms with E-state index in [1.807, 2.05) is 14.7 Å². The van der Waals surface area contributed by atoms with Crippen molar-refractivity contribution in [1.82, 2.24) is 29.6 Å². The summed E-state index contributed by atoms with van der Waals surface area (Å²) in [4.78, 5) is 27.4. The zero-order valence-electron chi connectivity index (χ0n) is 19.1. The van der Waals surface area contributed by atoms with Crippen LogP contribution in [-0.2, 0) is 18.4 Å². The molecule has 4 aromatic rings. The first-order valence-corrected chi connectivity index (χ1v) is 12.3. The number of nitrogens with one attached hydrogen (secondary N) is 2. The van der Waals surface area contributed by atoms with E-state index in [0.29, 0.717) is 17.0 Å². The highest BCUT2D eigenvalue weighted by Crippen LogP contribution is 2.36. The Labute approximate surface area is 195 Å². The van der Waals surface area contributed by atoms with Gasteiger partial charge in [0, 0.05) is 29.2 Å². The highest BCUT2D eigenvalue weighted by molar-refractivity contribution is 7.10. The summed E-state index contributed by atoms with van der Waals surface area (Å²) in [5.74, 6) is 1.22. The molecule has 2 aliphatic rings. The van der Waals surface area contributed by atoms with Gasteiger partial charge in [0.2, 0.25) is 5.95 Å². The van der Waals surface area contributed by atoms with E-state index in [4.69, 9.17) is 9.97 Å². The molecule has 2 N–H and O–H groups in total. The molecular weight excluding hydrogens is 434 g/mol. The van der Waals surface area contributed by atoms with Crippen LogP contribution in [0, 0.1) is 0 Å². The van der Waals surface area contributed by atoms with E-state index in [-0.39, 0.29) is 17.0 Å². The highest BCUT2D eigenvalue weighted by atomic mass is 32.1. The van der Waals surface area contributed by atoms with Crippen LogP contribution in [0.5, 0.6) is 0 Å². The van der Waals surface area contributed by atoms with Crippen molar-refractivity contribution in [3.8, 4) is 5.82 Å². The molecule has 1 aliphatic carbocycles. The van der Waals surface area contributed by atoms with Gasteiger partial charge in [-0.15, -0.1) is 11.3 Å². The maximum atomic E-state index is 13.2. The molecule has 0 radical (unpaired) electrons. The molecule has 0 unspecified atom stereocenters. The molecule has 8 nitrogen and oxygen atoms in total. The van der Waals surface area contributed by atoms with Crippen molar-refractivity contribution >= 4 is 34.0 Å². The average molecular weight is 462 g/mol. The normalized spacial score (nSPS) is 16.2. The van der Waals surface area contributed by atoms with Crippen LogP contribution in [-0.4, -0.2) is 30.9 Å². The fourth-order valence-electron chi connectivity index (χ4n) is 4.32. The van der Waals surface area contributed by atoms with Crippen LogP contribution in [0.3, 0.4) is 0 Å². The molecule has 0 saturated heterocycles. The summed E-state index contributed by atoms with van der Waals surface area (Å²) in [6.07, 6.45) is 4.67. The Morgan fingerprint density at radius 3 is 2.79 bits per heavy atom. The van der Waals surface area contributed by atoms with E-state index >= 15 is 0 Å². The topological polar surface area (TPSA) is 89.7 Å². The fourth-order valence-corrected chi connectivity index (χ4v) is 5.19. The van der Waals surface area contributed by atoms with Crippen molar-refractivity contribution in [3.05, 3.63) is 56.3 Å². The highest BCUT2D eigenvalue weighted by Gasteiger charge is 2.32. The second-order valence-electron chi connectivity index (χ2n) is 9.92. The van der Waals surface area contributed by atoms with Gasteiger partial charge in [-0.05, 0) is 49.1 Å². The van der Waals surface area contributed by atoms with Crippen molar-refractivity contribution in [1.29, 1.82) is 0 Å². The minimum atomic E-state index is -0.0560. The largest absolute Gasteiger partial charge is 0.324 e. The van der Waals surface area contributed by atoms with Gasteiger partial charge < -0.3 is 10.6 Å². The zero-order chi connectivity index (χ0) is 22.7. The van der Waals surface area contributed by atoms with Crippen LogP contribution >= 0.6 is 11.3 Å². The molecule has 170 valence electrons. The quantitative estimate of drug-likeness (QED) is 0.476. The molecule has 1 fully saturated rings. The van der Waals surface area contributed by atoms with Gasteiger partial charge in [0.05, 0.1) is 6.04 Å². The number of hydrogen-bond acceptors (Lipinski definition) is 7. The second kappa shape index (κ2) is 7.50. The number of anilines is 2. The van der Waals surface area contributed by atoms with Gasteiger partial charge in [0.1, 0.15) is 10.4 Å². The molecule has 6 rings (SSSR count). The van der Waals surface area contributed by atoms with Gasteiger partial charge in [-0.25, -0.2) is 19.3 Å². The average Bonchev–Trinajstić information content (AvgIpc) is 3.42. The summed E-state index contributed by atoms with van der Waals surface area (Å²) in [5.41, 5.74) is 4.10. The number of thiazole rings is 1. The Kier molecular flexibility index (Phi) is 4.67. The molecule has 3 aromatic heterocycles. The lowest BCUT2D eigenvalue weighted by molar-refractivity contribution is 0.546. The van der Waals surface area contributed by atoms with Crippen molar-refractivity contribution in [3.63, 3.8) is 0 Å². The summed E-state index contributed by atoms with van der Waals surface area (Å²) in [6, 6.07) is 6.57. The van der Waals surface area contributed by atoms with Gasteiger partial charge in [-0.3, -0.25) is 4.79 Å². The molecule has 0 atom stereocenters. The molecule has 0 spiro atoms. The van der Waals surface area contributed by atoms with Gasteiger partial charge >= 0.3 is 0 Å². The first kappa shape index (κ1) is 20.6. The third kappa shape index (κ3) is 3.65. The van der Waals surface area contributed by atoms with Crippen molar-refractivity contribution < 1.29 is 0 Å². The molecular formula is C24H27N7OS. The molecule has 4 heterocycles. The maximum Gasteiger partial charge on any atom is 0.278 e. The standard InChI is InChI=1S/C24H27N7OS/c1-24(2,3)22-28-19(13-33-22)31-20-18(21(32)30(31)17-6-7-17)12-26-23(29-20)27-16-5-4-14-8-9-25-11-15(14)10-16/h4-5,10,12-13,17,25H,6-9,11H2,1-3H3,(H,26,27,29). The van der Waals surface area contributed by atoms with Crippen LogP contribution in [0.4, 0.5) is 11.6 Å². The lowest BCUT2D eigenvalue weighted by Crippen LogP contribution is -2.23. The molecule has 0 bridgehead atoms. The second-order valence-corrected chi connectivity index (χ2v) is 10.8. The zero-order valence-corrected chi connectivity index (χ0v) is 19.9. The number of fused-ring (bicyclic) bond motifs is 2. The first-order valence-electron chi connectivity index (χ1n) is 11.4. The summed E-state index contributed by atoms with van der Waals surface area (Å²) in [6.45, 7) is 8.33. The number of benzene rings is 1. The Bertz CT molecular complexity index is 1420. The number of rotatable bonds is 4. The summed E-state index contributed by atoms with van der Waals surface area (Å²) in [7, 11) is 0. The molecule has 1 aromatic carbocycles. The van der Waals surface area contributed by atoms with Crippen LogP contribution in [0.15, 0.2) is 34.6 Å². The lowest BCUT2D eigenvalue weighted by Gasteiger charge is -2.18. The summed E-state index contributed by atoms with van der Waals surface area (Å²) < 4.78 is 3.71. The fraction of sp³-hybridized carbons (Fsp3) is 0.417. The Morgan fingerprint density at radius 1 is 1.18 bits per heavy atom. The number of nitrogens with zero attached hydrogens (tertiary/aromatic N) is 5. The molecule has 9 heteroatoms. The monoisotopic (exact) mass is 461 g/mol. The smallest absolute Gasteiger partial charge is 0.278 e. The van der Waals surface area contributed by atoms with E-state index in [0.717, 1.165) is 48.9 Å². The Morgan fingerprint density at radius 2 is 2.03 bits per heavy atom. The van der Waals surface area contributed by atoms with Crippen LogP contribution < -0.4 is 16.2 Å². The third-order valence-corrected chi connectivity index (χ3v) is 7.47. The van der Waals surface area contributed by atoms with Crippen molar-refractivity contribution in [2.45, 2.75) is 58.0 Å². The predicted molar refractivity (Wildman–Crippen MR) is 131 cm³/mol. The van der Waals surface area contributed by atoms with Gasteiger partial charge in [-0.2, -0.15) is 4.98 Å². The molecule has 33 heavy (non-hydrogen) atoms. The van der Waals surface area contributed by atoms with Crippen molar-refractivity contribution in [2.24, 2.45) is 0 Å². The van der Waals surface area contributed by atoms with E-state index in [1.165, 1.54) is 11.1 Å². The summed E-state index contributed by atoms with van der Waals surface area (Å²) in [5, 5.41) is 10.3. The minimum absolute atomic E-state index is 0.0517.